The first-order valence-corrected chi connectivity index (χ1v) is 6.54. The van der Waals surface area contributed by atoms with E-state index in [1.807, 2.05) is 6.20 Å². The van der Waals surface area contributed by atoms with Gasteiger partial charge in [0, 0.05) is 24.7 Å². The van der Waals surface area contributed by atoms with Crippen molar-refractivity contribution in [3.05, 3.63) is 23.3 Å². The number of aromatic nitrogens is 2. The summed E-state index contributed by atoms with van der Waals surface area (Å²) < 4.78 is 0. The zero-order valence-electron chi connectivity index (χ0n) is 10.4. The number of nitrogens with zero attached hydrogens (tertiary/aromatic N) is 3. The Bertz CT molecular complexity index is 418. The Morgan fingerprint density at radius 2 is 2.29 bits per heavy atom. The van der Waals surface area contributed by atoms with E-state index >= 15 is 0 Å². The summed E-state index contributed by atoms with van der Waals surface area (Å²) in [4.78, 5) is 11.6. The van der Waals surface area contributed by atoms with Crippen molar-refractivity contribution in [2.24, 2.45) is 5.73 Å². The molecule has 2 unspecified atom stereocenters. The van der Waals surface area contributed by atoms with Crippen LogP contribution >= 0.6 is 0 Å². The summed E-state index contributed by atoms with van der Waals surface area (Å²) in [7, 11) is 2.17. The highest BCUT2D eigenvalue weighted by Crippen LogP contribution is 2.30. The Labute approximate surface area is 102 Å². The van der Waals surface area contributed by atoms with E-state index in [9.17, 15) is 0 Å². The first-order chi connectivity index (χ1) is 8.24. The molecule has 2 aliphatic rings. The van der Waals surface area contributed by atoms with Crippen LogP contribution in [0.15, 0.2) is 6.20 Å². The average molecular weight is 232 g/mol. The first-order valence-electron chi connectivity index (χ1n) is 6.54. The molecule has 2 heterocycles. The van der Waals surface area contributed by atoms with Crippen LogP contribution in [-0.2, 0) is 6.42 Å². The van der Waals surface area contributed by atoms with Crippen molar-refractivity contribution < 1.29 is 0 Å². The van der Waals surface area contributed by atoms with Crippen LogP contribution in [0.5, 0.6) is 0 Å². The van der Waals surface area contributed by atoms with Gasteiger partial charge in [-0.15, -0.1) is 0 Å². The molecule has 0 spiro atoms. The minimum Gasteiger partial charge on any atom is -0.323 e. The van der Waals surface area contributed by atoms with Crippen LogP contribution in [-0.4, -0.2) is 35.0 Å². The minimum absolute atomic E-state index is 0.132. The molecule has 1 aliphatic carbocycles. The van der Waals surface area contributed by atoms with Gasteiger partial charge in [0.15, 0.2) is 0 Å². The van der Waals surface area contributed by atoms with E-state index in [-0.39, 0.29) is 6.04 Å². The highest BCUT2D eigenvalue weighted by Gasteiger charge is 2.25. The summed E-state index contributed by atoms with van der Waals surface area (Å²) in [6.45, 7) is 2.27. The summed E-state index contributed by atoms with van der Waals surface area (Å²) >= 11 is 0. The molecular weight excluding hydrogens is 212 g/mol. The van der Waals surface area contributed by atoms with Crippen LogP contribution in [0.3, 0.4) is 0 Å². The van der Waals surface area contributed by atoms with E-state index in [4.69, 9.17) is 10.7 Å². The monoisotopic (exact) mass is 232 g/mol. The van der Waals surface area contributed by atoms with Crippen molar-refractivity contribution in [3.8, 4) is 0 Å². The predicted octanol–water partition coefficient (Wildman–Crippen LogP) is 1.23. The van der Waals surface area contributed by atoms with Crippen molar-refractivity contribution in [1.82, 2.24) is 14.9 Å². The van der Waals surface area contributed by atoms with E-state index in [0.29, 0.717) is 5.92 Å². The van der Waals surface area contributed by atoms with Crippen LogP contribution in [0.1, 0.15) is 48.3 Å². The van der Waals surface area contributed by atoms with Gasteiger partial charge < -0.3 is 10.6 Å². The number of hydrogen-bond donors (Lipinski definition) is 1. The Morgan fingerprint density at radius 1 is 1.41 bits per heavy atom. The van der Waals surface area contributed by atoms with Crippen LogP contribution in [0.4, 0.5) is 0 Å². The van der Waals surface area contributed by atoms with E-state index in [1.54, 1.807) is 0 Å². The molecule has 0 bridgehead atoms. The molecule has 1 fully saturated rings. The number of likely N-dealkylation sites (N-methyl/N-ethyl adjacent to an activating group) is 1. The van der Waals surface area contributed by atoms with Gasteiger partial charge in [-0.05, 0) is 44.8 Å². The number of rotatable bonds is 1. The molecule has 3 rings (SSSR count). The fraction of sp³-hybridized carbons (Fsp3) is 0.692. The summed E-state index contributed by atoms with van der Waals surface area (Å²) in [5, 5.41) is 0. The highest BCUT2D eigenvalue weighted by atomic mass is 15.1. The third-order valence-corrected chi connectivity index (χ3v) is 3.98. The lowest BCUT2D eigenvalue weighted by Gasteiger charge is -2.28. The SMILES string of the molecule is CN1CCCC(c2ncc3c(n2)C(N)CC3)C1. The molecule has 0 saturated carbocycles. The summed E-state index contributed by atoms with van der Waals surface area (Å²) in [5.74, 6) is 1.50. The van der Waals surface area contributed by atoms with Crippen LogP contribution in [0, 0.1) is 0 Å². The molecule has 92 valence electrons. The molecule has 0 amide bonds. The number of piperidine rings is 1. The topological polar surface area (TPSA) is 55.0 Å². The summed E-state index contributed by atoms with van der Waals surface area (Å²) in [6, 6.07) is 0.132. The number of aryl methyl sites for hydroxylation is 1. The van der Waals surface area contributed by atoms with Gasteiger partial charge in [0.2, 0.25) is 0 Å². The molecule has 2 N–H and O–H groups in total. The molecule has 4 heteroatoms. The lowest BCUT2D eigenvalue weighted by Crippen LogP contribution is -2.31. The molecule has 1 aromatic heterocycles. The van der Waals surface area contributed by atoms with Crippen molar-refractivity contribution in [2.45, 2.75) is 37.6 Å². The Balaban J connectivity index is 1.86. The molecular formula is C13H20N4. The van der Waals surface area contributed by atoms with Crippen LogP contribution < -0.4 is 5.73 Å². The zero-order chi connectivity index (χ0) is 11.8. The molecule has 1 saturated heterocycles. The van der Waals surface area contributed by atoms with Gasteiger partial charge in [0.1, 0.15) is 5.82 Å². The number of fused-ring (bicyclic) bond motifs is 1. The minimum atomic E-state index is 0.132. The van der Waals surface area contributed by atoms with Gasteiger partial charge in [-0.2, -0.15) is 0 Å². The molecule has 1 aliphatic heterocycles. The summed E-state index contributed by atoms with van der Waals surface area (Å²) in [5.41, 5.74) is 8.43. The van der Waals surface area contributed by atoms with Gasteiger partial charge in [-0.1, -0.05) is 0 Å². The molecule has 0 radical (unpaired) electrons. The van der Waals surface area contributed by atoms with Crippen molar-refractivity contribution in [3.63, 3.8) is 0 Å². The molecule has 1 aromatic rings. The van der Waals surface area contributed by atoms with E-state index < -0.39 is 0 Å². The maximum absolute atomic E-state index is 6.07. The fourth-order valence-electron chi connectivity index (χ4n) is 2.97. The van der Waals surface area contributed by atoms with Gasteiger partial charge in [-0.3, -0.25) is 0 Å². The Hall–Kier alpha value is -1.00. The second kappa shape index (κ2) is 4.35. The lowest BCUT2D eigenvalue weighted by atomic mass is 9.97. The average Bonchev–Trinajstić information content (AvgIpc) is 2.71. The zero-order valence-corrected chi connectivity index (χ0v) is 10.4. The normalized spacial score (nSPS) is 29.3. The highest BCUT2D eigenvalue weighted by molar-refractivity contribution is 5.26. The van der Waals surface area contributed by atoms with Gasteiger partial charge in [-0.25, -0.2) is 9.97 Å². The van der Waals surface area contributed by atoms with Gasteiger partial charge >= 0.3 is 0 Å². The van der Waals surface area contributed by atoms with Crippen molar-refractivity contribution >= 4 is 0 Å². The standard InChI is InChI=1S/C13H20N4/c1-17-6-2-3-10(8-17)13-15-7-9-4-5-11(14)12(9)16-13/h7,10-11H,2-6,8,14H2,1H3. The van der Waals surface area contributed by atoms with Crippen LogP contribution in [0.25, 0.3) is 0 Å². The van der Waals surface area contributed by atoms with Crippen molar-refractivity contribution in [2.75, 3.05) is 20.1 Å². The van der Waals surface area contributed by atoms with E-state index in [2.05, 4.69) is 16.9 Å². The number of hydrogen-bond acceptors (Lipinski definition) is 4. The predicted molar refractivity (Wildman–Crippen MR) is 66.8 cm³/mol. The second-order valence-electron chi connectivity index (χ2n) is 5.39. The number of nitrogens with two attached hydrogens (primary N) is 1. The van der Waals surface area contributed by atoms with Gasteiger partial charge in [0.05, 0.1) is 5.69 Å². The van der Waals surface area contributed by atoms with Crippen molar-refractivity contribution in [1.29, 1.82) is 0 Å². The van der Waals surface area contributed by atoms with Gasteiger partial charge in [0.25, 0.3) is 0 Å². The fourth-order valence-corrected chi connectivity index (χ4v) is 2.97. The Kier molecular flexibility index (Phi) is 2.84. The lowest BCUT2D eigenvalue weighted by molar-refractivity contribution is 0.245. The second-order valence-corrected chi connectivity index (χ2v) is 5.39. The first kappa shape index (κ1) is 11.1. The maximum Gasteiger partial charge on any atom is 0.132 e. The van der Waals surface area contributed by atoms with E-state index in [0.717, 1.165) is 30.9 Å². The van der Waals surface area contributed by atoms with Crippen LogP contribution in [0.2, 0.25) is 0 Å². The number of likely N-dealkylation sites (tertiary alicyclic amines) is 1. The molecule has 17 heavy (non-hydrogen) atoms. The van der Waals surface area contributed by atoms with E-state index in [1.165, 1.54) is 24.9 Å². The quantitative estimate of drug-likeness (QED) is 0.791. The molecule has 2 atom stereocenters. The third kappa shape index (κ3) is 2.07. The Morgan fingerprint density at radius 3 is 3.12 bits per heavy atom. The third-order valence-electron chi connectivity index (χ3n) is 3.98. The largest absolute Gasteiger partial charge is 0.323 e. The maximum atomic E-state index is 6.07. The molecule has 0 aromatic carbocycles. The molecule has 4 nitrogen and oxygen atoms in total. The smallest absolute Gasteiger partial charge is 0.132 e. The summed E-state index contributed by atoms with van der Waals surface area (Å²) in [6.07, 6.45) is 6.52.